The number of rotatable bonds is 7. The first-order valence-corrected chi connectivity index (χ1v) is 13.3. The molecule has 1 atom stereocenters. The lowest BCUT2D eigenvalue weighted by Crippen LogP contribution is -2.71. The molecule has 0 spiro atoms. The number of likely N-dealkylation sites (tertiary alicyclic amines) is 1. The lowest BCUT2D eigenvalue weighted by Gasteiger charge is -2.52. The van der Waals surface area contributed by atoms with E-state index in [9.17, 15) is 9.59 Å². The number of nitrogens with zero attached hydrogens (tertiary/aromatic N) is 3. The van der Waals surface area contributed by atoms with Crippen LogP contribution in [-0.2, 0) is 19.1 Å². The Bertz CT molecular complexity index is 653. The summed E-state index contributed by atoms with van der Waals surface area (Å²) in [6.07, 6.45) is 12.7. The summed E-state index contributed by atoms with van der Waals surface area (Å²) in [5.41, 5.74) is -0.582. The number of piperazine rings is 1. The summed E-state index contributed by atoms with van der Waals surface area (Å²) in [6, 6.07) is 0.700. The second kappa shape index (κ2) is 10.7. The van der Waals surface area contributed by atoms with Gasteiger partial charge in [0.2, 0.25) is 6.29 Å². The lowest BCUT2D eigenvalue weighted by atomic mass is 9.88. The first-order chi connectivity index (χ1) is 15.8. The fraction of sp³-hybridized carbons (Fsp3) is 0.923. The van der Waals surface area contributed by atoms with Gasteiger partial charge in [0.15, 0.2) is 0 Å². The van der Waals surface area contributed by atoms with E-state index in [0.717, 1.165) is 77.8 Å². The molecule has 0 amide bonds. The Morgan fingerprint density at radius 1 is 0.788 bits per heavy atom. The van der Waals surface area contributed by atoms with Crippen LogP contribution in [0.25, 0.3) is 0 Å². The predicted octanol–water partition coefficient (Wildman–Crippen LogP) is 3.32. The molecule has 2 aliphatic heterocycles. The minimum Gasteiger partial charge on any atom is -0.456 e. The largest absolute Gasteiger partial charge is 0.456 e. The smallest absolute Gasteiger partial charge is 0.371 e. The second-order valence-electron chi connectivity index (χ2n) is 11.5. The lowest BCUT2D eigenvalue weighted by molar-refractivity contribution is -0.281. The van der Waals surface area contributed by atoms with Crippen molar-refractivity contribution in [3.8, 4) is 0 Å². The standard InChI is InChI=1S/C26H44N3O4/c1-25(2,3)33-24(31)26(28-14-6-7-15-28,32-23-12-10-21(20-30)11-13-23)29-18-16-27(17-19-29)22-8-4-5-9-22/h21-23H,4-19H2,1-3H3/t21-,23-,26?. The van der Waals surface area contributed by atoms with Crippen LogP contribution in [0.5, 0.6) is 0 Å². The van der Waals surface area contributed by atoms with Gasteiger partial charge in [-0.2, -0.15) is 0 Å². The highest BCUT2D eigenvalue weighted by molar-refractivity contribution is 5.79. The van der Waals surface area contributed by atoms with E-state index in [1.165, 1.54) is 25.7 Å². The van der Waals surface area contributed by atoms with Crippen LogP contribution in [0.2, 0.25) is 0 Å². The third-order valence-electron chi connectivity index (χ3n) is 7.96. The molecule has 0 aromatic carbocycles. The summed E-state index contributed by atoms with van der Waals surface area (Å²) in [7, 11) is 0. The fourth-order valence-corrected chi connectivity index (χ4v) is 6.21. The minimum absolute atomic E-state index is 0.00233. The SMILES string of the molecule is CC(C)(C)OC(=O)C(O[C@H]1CC[C@H]([C]=O)CC1)(N1CCCC1)N1CCN(C2CCCC2)CC1. The average molecular weight is 463 g/mol. The molecule has 2 aliphatic carbocycles. The van der Waals surface area contributed by atoms with Gasteiger partial charge in [-0.05, 0) is 72.1 Å². The van der Waals surface area contributed by atoms with Gasteiger partial charge >= 0.3 is 5.97 Å². The number of carbonyl (C=O) groups excluding carboxylic acids is 2. The zero-order chi connectivity index (χ0) is 23.5. The molecule has 2 saturated carbocycles. The van der Waals surface area contributed by atoms with Crippen molar-refractivity contribution in [1.82, 2.24) is 14.7 Å². The van der Waals surface area contributed by atoms with Gasteiger partial charge in [-0.15, -0.1) is 0 Å². The summed E-state index contributed by atoms with van der Waals surface area (Å²) < 4.78 is 12.9. The fourth-order valence-electron chi connectivity index (χ4n) is 6.21. The highest BCUT2D eigenvalue weighted by atomic mass is 16.6. The van der Waals surface area contributed by atoms with E-state index in [1.807, 2.05) is 20.8 Å². The van der Waals surface area contributed by atoms with Crippen LogP contribution in [0.4, 0.5) is 0 Å². The van der Waals surface area contributed by atoms with Crippen molar-refractivity contribution in [3.63, 3.8) is 0 Å². The van der Waals surface area contributed by atoms with Crippen LogP contribution in [0.15, 0.2) is 0 Å². The molecule has 2 heterocycles. The number of hydrogen-bond donors (Lipinski definition) is 0. The van der Waals surface area contributed by atoms with Crippen LogP contribution in [-0.4, -0.2) is 89.8 Å². The summed E-state index contributed by atoms with van der Waals surface area (Å²) in [5.74, 6) is -1.44. The first-order valence-electron chi connectivity index (χ1n) is 13.3. The normalized spacial score (nSPS) is 30.9. The van der Waals surface area contributed by atoms with Crippen molar-refractivity contribution in [2.45, 2.75) is 109 Å². The molecule has 1 radical (unpaired) electrons. The highest BCUT2D eigenvalue weighted by Crippen LogP contribution is 2.37. The van der Waals surface area contributed by atoms with Crippen molar-refractivity contribution in [1.29, 1.82) is 0 Å². The van der Waals surface area contributed by atoms with Gasteiger partial charge in [0, 0.05) is 51.2 Å². The van der Waals surface area contributed by atoms with Gasteiger partial charge in [-0.3, -0.25) is 19.5 Å². The molecule has 2 saturated heterocycles. The molecule has 4 fully saturated rings. The predicted molar refractivity (Wildman–Crippen MR) is 127 cm³/mol. The summed E-state index contributed by atoms with van der Waals surface area (Å²) in [6.45, 7) is 11.1. The Hall–Kier alpha value is -1.02. The summed E-state index contributed by atoms with van der Waals surface area (Å²) in [4.78, 5) is 32.3. The zero-order valence-corrected chi connectivity index (χ0v) is 21.0. The number of hydrogen-bond acceptors (Lipinski definition) is 7. The molecule has 7 nitrogen and oxygen atoms in total. The van der Waals surface area contributed by atoms with Crippen LogP contribution in [0.1, 0.15) is 85.0 Å². The second-order valence-corrected chi connectivity index (χ2v) is 11.5. The van der Waals surface area contributed by atoms with Crippen LogP contribution in [0, 0.1) is 5.92 Å². The zero-order valence-electron chi connectivity index (χ0n) is 21.0. The molecule has 4 rings (SSSR count). The highest BCUT2D eigenvalue weighted by Gasteiger charge is 2.56. The average Bonchev–Trinajstić information content (AvgIpc) is 3.52. The monoisotopic (exact) mass is 462 g/mol. The molecule has 0 N–H and O–H groups in total. The molecule has 1 unspecified atom stereocenters. The maximum atomic E-state index is 14.0. The Labute approximate surface area is 200 Å². The summed E-state index contributed by atoms with van der Waals surface area (Å²) in [5, 5.41) is 0. The van der Waals surface area contributed by atoms with Gasteiger partial charge in [0.1, 0.15) is 5.60 Å². The minimum atomic E-state index is -1.17. The van der Waals surface area contributed by atoms with Gasteiger partial charge in [0.25, 0.3) is 5.85 Å². The van der Waals surface area contributed by atoms with E-state index in [0.29, 0.717) is 6.04 Å². The Morgan fingerprint density at radius 3 is 1.91 bits per heavy atom. The number of esters is 1. The number of ether oxygens (including phenoxy) is 2. The van der Waals surface area contributed by atoms with Crippen LogP contribution < -0.4 is 0 Å². The number of carbonyl (C=O) groups is 1. The topological polar surface area (TPSA) is 62.3 Å². The maximum Gasteiger partial charge on any atom is 0.371 e. The van der Waals surface area contributed by atoms with E-state index in [2.05, 4.69) is 21.0 Å². The third kappa shape index (κ3) is 5.80. The third-order valence-corrected chi connectivity index (χ3v) is 7.96. The van der Waals surface area contributed by atoms with Crippen LogP contribution >= 0.6 is 0 Å². The van der Waals surface area contributed by atoms with Crippen molar-refractivity contribution in [2.24, 2.45) is 5.92 Å². The molecule has 7 heteroatoms. The van der Waals surface area contributed by atoms with Crippen molar-refractivity contribution >= 4 is 12.3 Å². The van der Waals surface area contributed by atoms with Gasteiger partial charge in [-0.1, -0.05) is 12.8 Å². The molecule has 0 aromatic rings. The van der Waals surface area contributed by atoms with E-state index >= 15 is 0 Å². The quantitative estimate of drug-likeness (QED) is 0.538. The van der Waals surface area contributed by atoms with Crippen LogP contribution in [0.3, 0.4) is 0 Å². The Kier molecular flexibility index (Phi) is 8.14. The molecule has 187 valence electrons. The van der Waals surface area contributed by atoms with E-state index < -0.39 is 11.4 Å². The van der Waals surface area contributed by atoms with E-state index in [-0.39, 0.29) is 18.0 Å². The van der Waals surface area contributed by atoms with Crippen molar-refractivity contribution in [2.75, 3.05) is 39.3 Å². The van der Waals surface area contributed by atoms with Crippen molar-refractivity contribution < 1.29 is 19.1 Å². The Morgan fingerprint density at radius 2 is 1.36 bits per heavy atom. The van der Waals surface area contributed by atoms with E-state index in [1.54, 1.807) is 0 Å². The van der Waals surface area contributed by atoms with Gasteiger partial charge in [-0.25, -0.2) is 4.79 Å². The first kappa shape index (κ1) is 25.1. The van der Waals surface area contributed by atoms with Crippen molar-refractivity contribution in [3.05, 3.63) is 0 Å². The molecular weight excluding hydrogens is 418 g/mol. The molecule has 4 aliphatic rings. The Balaban J connectivity index is 1.57. The molecule has 0 bridgehead atoms. The maximum absolute atomic E-state index is 14.0. The van der Waals surface area contributed by atoms with Gasteiger partial charge in [0.05, 0.1) is 6.10 Å². The van der Waals surface area contributed by atoms with Gasteiger partial charge < -0.3 is 9.47 Å². The summed E-state index contributed by atoms with van der Waals surface area (Å²) >= 11 is 0. The molecular formula is C26H44N3O4. The van der Waals surface area contributed by atoms with E-state index in [4.69, 9.17) is 9.47 Å². The molecule has 0 aromatic heterocycles. The molecule has 33 heavy (non-hydrogen) atoms.